The topological polar surface area (TPSA) is 19.4 Å². The zero-order valence-electron chi connectivity index (χ0n) is 9.84. The number of rotatable bonds is 3. The van der Waals surface area contributed by atoms with Crippen molar-refractivity contribution in [2.24, 2.45) is 0 Å². The van der Waals surface area contributed by atoms with E-state index < -0.39 is 0 Å². The molecule has 1 aromatic heterocycles. The predicted octanol–water partition coefficient (Wildman–Crippen LogP) is 1.36. The van der Waals surface area contributed by atoms with Gasteiger partial charge in [-0.15, -0.1) is 0 Å². The second-order valence-electron chi connectivity index (χ2n) is 4.93. The van der Waals surface area contributed by atoms with E-state index in [1.165, 1.54) is 31.6 Å². The Morgan fingerprint density at radius 2 is 2.19 bits per heavy atom. The van der Waals surface area contributed by atoms with Crippen molar-refractivity contribution in [3.63, 3.8) is 0 Å². The van der Waals surface area contributed by atoms with Crippen LogP contribution in [0.5, 0.6) is 0 Å². The molecule has 3 aliphatic rings. The number of hydrogen-bond acceptors (Lipinski definition) is 3. The zero-order valence-corrected chi connectivity index (χ0v) is 9.84. The fraction of sp³-hybridized carbons (Fsp3) is 0.615. The van der Waals surface area contributed by atoms with Crippen molar-refractivity contribution >= 4 is 0 Å². The van der Waals surface area contributed by atoms with Gasteiger partial charge in [-0.3, -0.25) is 9.88 Å². The predicted molar refractivity (Wildman–Crippen MR) is 64.1 cm³/mol. The third-order valence-corrected chi connectivity index (χ3v) is 3.96. The first-order chi connectivity index (χ1) is 7.86. The van der Waals surface area contributed by atoms with Gasteiger partial charge in [0.15, 0.2) is 0 Å². The summed E-state index contributed by atoms with van der Waals surface area (Å²) < 4.78 is 0. The van der Waals surface area contributed by atoms with Crippen molar-refractivity contribution in [2.45, 2.75) is 32.0 Å². The molecule has 0 radical (unpaired) electrons. The van der Waals surface area contributed by atoms with Gasteiger partial charge in [-0.2, -0.15) is 0 Å². The van der Waals surface area contributed by atoms with Gasteiger partial charge in [0, 0.05) is 44.1 Å². The third-order valence-electron chi connectivity index (χ3n) is 3.96. The molecule has 4 heterocycles. The van der Waals surface area contributed by atoms with Crippen molar-refractivity contribution in [3.8, 4) is 0 Å². The van der Waals surface area contributed by atoms with Crippen LogP contribution in [0.2, 0.25) is 0 Å². The lowest BCUT2D eigenvalue weighted by molar-refractivity contribution is -0.0732. The molecule has 0 aromatic carbocycles. The normalized spacial score (nSPS) is 30.1. The van der Waals surface area contributed by atoms with Gasteiger partial charge in [0.1, 0.15) is 0 Å². The van der Waals surface area contributed by atoms with Crippen molar-refractivity contribution in [1.82, 2.24) is 14.8 Å². The molecule has 0 saturated carbocycles. The van der Waals surface area contributed by atoms with Crippen LogP contribution in [0, 0.1) is 0 Å². The van der Waals surface area contributed by atoms with Crippen molar-refractivity contribution in [1.29, 1.82) is 0 Å². The minimum Gasteiger partial charge on any atom is -0.301 e. The Balaban J connectivity index is 1.63. The van der Waals surface area contributed by atoms with Gasteiger partial charge < -0.3 is 4.90 Å². The highest BCUT2D eigenvalue weighted by atomic mass is 15.4. The average Bonchev–Trinajstić information content (AvgIpc) is 2.37. The highest BCUT2D eigenvalue weighted by Crippen LogP contribution is 2.33. The lowest BCUT2D eigenvalue weighted by Gasteiger charge is -2.56. The number of nitrogens with zero attached hydrogens (tertiary/aromatic N) is 3. The van der Waals surface area contributed by atoms with E-state index in [-0.39, 0.29) is 0 Å². The zero-order chi connectivity index (χ0) is 11.0. The number of likely N-dealkylation sites (N-methyl/N-ethyl adjacent to an activating group) is 1. The summed E-state index contributed by atoms with van der Waals surface area (Å²) in [6, 6.07) is 5.79. The van der Waals surface area contributed by atoms with E-state index >= 15 is 0 Å². The molecule has 3 heteroatoms. The summed E-state index contributed by atoms with van der Waals surface area (Å²) in [6.07, 6.45) is 5.24. The lowest BCUT2D eigenvalue weighted by Crippen LogP contribution is -2.67. The second kappa shape index (κ2) is 4.15. The minimum atomic E-state index is 0.791. The monoisotopic (exact) mass is 217 g/mol. The summed E-state index contributed by atoms with van der Waals surface area (Å²) in [4.78, 5) is 9.39. The Kier molecular flexibility index (Phi) is 2.65. The fourth-order valence-corrected chi connectivity index (χ4v) is 2.99. The standard InChI is InChI=1S/C13H19N3/c1-2-15-9-12-6-13(10-15)16(12)8-11-4-3-5-14-7-11/h3-5,7,12-13H,2,6,8-10H2,1H3. The molecule has 3 nitrogen and oxygen atoms in total. The maximum absolute atomic E-state index is 4.18. The number of aromatic nitrogens is 1. The summed E-state index contributed by atoms with van der Waals surface area (Å²) in [6.45, 7) is 7.06. The number of piperidine rings is 1. The van der Waals surface area contributed by atoms with E-state index in [4.69, 9.17) is 0 Å². The molecule has 0 N–H and O–H groups in total. The van der Waals surface area contributed by atoms with Crippen molar-refractivity contribution in [3.05, 3.63) is 30.1 Å². The van der Waals surface area contributed by atoms with Crippen LogP contribution in [0.15, 0.2) is 24.5 Å². The van der Waals surface area contributed by atoms with Crippen LogP contribution in [-0.4, -0.2) is 46.5 Å². The number of hydrogen-bond donors (Lipinski definition) is 0. The molecule has 2 atom stereocenters. The third kappa shape index (κ3) is 1.74. The summed E-state index contributed by atoms with van der Waals surface area (Å²) in [7, 11) is 0. The molecule has 0 amide bonds. The van der Waals surface area contributed by atoms with Crippen LogP contribution >= 0.6 is 0 Å². The van der Waals surface area contributed by atoms with Crippen LogP contribution in [-0.2, 0) is 6.54 Å². The Morgan fingerprint density at radius 1 is 1.38 bits per heavy atom. The van der Waals surface area contributed by atoms with Crippen molar-refractivity contribution in [2.75, 3.05) is 19.6 Å². The Morgan fingerprint density at radius 3 is 2.81 bits per heavy atom. The quantitative estimate of drug-likeness (QED) is 0.762. The summed E-state index contributed by atoms with van der Waals surface area (Å²) >= 11 is 0. The first kappa shape index (κ1) is 10.2. The van der Waals surface area contributed by atoms with Gasteiger partial charge in [-0.05, 0) is 24.6 Å². The molecule has 16 heavy (non-hydrogen) atoms. The molecule has 86 valence electrons. The largest absolute Gasteiger partial charge is 0.301 e. The Hall–Kier alpha value is -0.930. The molecule has 2 bridgehead atoms. The molecule has 3 fully saturated rings. The molecule has 4 rings (SSSR count). The molecule has 3 saturated heterocycles. The SMILES string of the molecule is CCN1CC2CC(C1)N2Cc1cccnc1. The van der Waals surface area contributed by atoms with E-state index in [0.29, 0.717) is 0 Å². The molecular formula is C13H19N3. The second-order valence-corrected chi connectivity index (χ2v) is 4.93. The average molecular weight is 217 g/mol. The van der Waals surface area contributed by atoms with Crippen LogP contribution in [0.1, 0.15) is 18.9 Å². The highest BCUT2D eigenvalue weighted by Gasteiger charge is 2.43. The van der Waals surface area contributed by atoms with Gasteiger partial charge in [0.25, 0.3) is 0 Å². The lowest BCUT2D eigenvalue weighted by atomic mass is 9.87. The molecule has 1 aromatic rings. The van der Waals surface area contributed by atoms with Crippen LogP contribution < -0.4 is 0 Å². The first-order valence-electron chi connectivity index (χ1n) is 6.24. The van der Waals surface area contributed by atoms with E-state index in [0.717, 1.165) is 18.6 Å². The minimum absolute atomic E-state index is 0.791. The van der Waals surface area contributed by atoms with Gasteiger partial charge in [-0.1, -0.05) is 13.0 Å². The maximum Gasteiger partial charge on any atom is 0.0312 e. The van der Waals surface area contributed by atoms with Crippen LogP contribution in [0.3, 0.4) is 0 Å². The summed E-state index contributed by atoms with van der Waals surface area (Å²) in [5, 5.41) is 0. The first-order valence-corrected chi connectivity index (χ1v) is 6.24. The highest BCUT2D eigenvalue weighted by molar-refractivity contribution is 5.11. The van der Waals surface area contributed by atoms with Gasteiger partial charge in [-0.25, -0.2) is 0 Å². The number of pyridine rings is 1. The molecular weight excluding hydrogens is 198 g/mol. The number of fused-ring (bicyclic) bond motifs is 2. The summed E-state index contributed by atoms with van der Waals surface area (Å²) in [5.74, 6) is 0. The van der Waals surface area contributed by atoms with Crippen LogP contribution in [0.25, 0.3) is 0 Å². The molecule has 0 spiro atoms. The maximum atomic E-state index is 4.18. The van der Waals surface area contributed by atoms with E-state index in [1.807, 2.05) is 18.5 Å². The Labute approximate surface area is 97.1 Å². The van der Waals surface area contributed by atoms with Crippen LogP contribution in [0.4, 0.5) is 0 Å². The smallest absolute Gasteiger partial charge is 0.0312 e. The summed E-state index contributed by atoms with van der Waals surface area (Å²) in [5.41, 5.74) is 1.35. The Bertz CT molecular complexity index is 339. The van der Waals surface area contributed by atoms with Gasteiger partial charge in [0.2, 0.25) is 0 Å². The molecule has 3 aliphatic heterocycles. The van der Waals surface area contributed by atoms with E-state index in [1.54, 1.807) is 0 Å². The van der Waals surface area contributed by atoms with E-state index in [2.05, 4.69) is 27.8 Å². The molecule has 2 unspecified atom stereocenters. The van der Waals surface area contributed by atoms with Crippen molar-refractivity contribution < 1.29 is 0 Å². The number of piperazine rings is 1. The molecule has 0 aliphatic carbocycles. The van der Waals surface area contributed by atoms with E-state index in [9.17, 15) is 0 Å². The fourth-order valence-electron chi connectivity index (χ4n) is 2.99. The van der Waals surface area contributed by atoms with Gasteiger partial charge in [0.05, 0.1) is 0 Å². The van der Waals surface area contributed by atoms with Gasteiger partial charge >= 0.3 is 0 Å².